The van der Waals surface area contributed by atoms with Crippen molar-refractivity contribution >= 4 is 31.6 Å². The van der Waals surface area contributed by atoms with Gasteiger partial charge in [-0.05, 0) is 43.2 Å². The maximum atomic E-state index is 13.0. The monoisotopic (exact) mass is 468 g/mol. The van der Waals surface area contributed by atoms with Gasteiger partial charge >= 0.3 is 6.09 Å². The highest BCUT2D eigenvalue weighted by molar-refractivity contribution is 7.91. The van der Waals surface area contributed by atoms with Gasteiger partial charge in [-0.25, -0.2) is 26.0 Å². The van der Waals surface area contributed by atoms with Crippen molar-refractivity contribution in [3.8, 4) is 0 Å². The van der Waals surface area contributed by atoms with Crippen LogP contribution in [0.3, 0.4) is 0 Å². The highest BCUT2D eigenvalue weighted by Gasteiger charge is 2.37. The van der Waals surface area contributed by atoms with Gasteiger partial charge < -0.3 is 4.74 Å². The molecule has 2 aromatic carbocycles. The number of anilines is 1. The van der Waals surface area contributed by atoms with Crippen molar-refractivity contribution in [1.82, 2.24) is 4.31 Å². The van der Waals surface area contributed by atoms with Gasteiger partial charge in [-0.1, -0.05) is 18.2 Å². The number of alkyl halides is 1. The summed E-state index contributed by atoms with van der Waals surface area (Å²) in [5.74, 6) is 0. The van der Waals surface area contributed by atoms with E-state index in [0.29, 0.717) is 12.8 Å². The Hall–Kier alpha value is -2.50. The molecule has 1 amide bonds. The average molecular weight is 469 g/mol. The van der Waals surface area contributed by atoms with Gasteiger partial charge in [0.05, 0.1) is 15.5 Å². The fourth-order valence-corrected chi connectivity index (χ4v) is 6.04. The molecule has 2 aromatic rings. The number of carbonyl (C=O) groups is 1. The number of para-hydroxylation sites is 1. The normalized spacial score (nSPS) is 18.5. The number of nitrogens with zero attached hydrogens (tertiary/aromatic N) is 2. The number of benzene rings is 2. The topological polar surface area (TPSA) is 101 Å². The second-order valence-electron chi connectivity index (χ2n) is 7.38. The van der Waals surface area contributed by atoms with Crippen molar-refractivity contribution in [1.29, 1.82) is 0 Å². The predicted octanol–water partition coefficient (Wildman–Crippen LogP) is 2.70. The molecule has 2 aliphatic rings. The summed E-state index contributed by atoms with van der Waals surface area (Å²) in [4.78, 5) is 13.7. The van der Waals surface area contributed by atoms with Gasteiger partial charge in [0.2, 0.25) is 19.9 Å². The SMILES string of the molecule is O=C1OCc2ccccc2N1C1CCN(S(=O)(=O)c2ccc(S(=O)(=O)CF)cc2)CC1. The molecule has 0 bridgehead atoms. The quantitative estimate of drug-likeness (QED) is 0.669. The number of halogens is 1. The lowest BCUT2D eigenvalue weighted by Crippen LogP contribution is -2.50. The molecule has 4 rings (SSSR count). The maximum Gasteiger partial charge on any atom is 0.414 e. The summed E-state index contributed by atoms with van der Waals surface area (Å²) in [6.07, 6.45) is 0.415. The first-order valence-electron chi connectivity index (χ1n) is 9.67. The second kappa shape index (κ2) is 8.21. The number of cyclic esters (lactones) is 1. The zero-order valence-corrected chi connectivity index (χ0v) is 18.1. The van der Waals surface area contributed by atoms with Crippen LogP contribution >= 0.6 is 0 Å². The van der Waals surface area contributed by atoms with E-state index in [-0.39, 0.29) is 35.5 Å². The number of amides is 1. The van der Waals surface area contributed by atoms with E-state index >= 15 is 0 Å². The molecule has 166 valence electrons. The van der Waals surface area contributed by atoms with Crippen LogP contribution in [0.5, 0.6) is 0 Å². The molecule has 0 N–H and O–H groups in total. The van der Waals surface area contributed by atoms with Crippen LogP contribution in [-0.2, 0) is 31.2 Å². The molecule has 31 heavy (non-hydrogen) atoms. The third-order valence-corrected chi connectivity index (χ3v) is 8.74. The number of ether oxygens (including phenoxy) is 1. The van der Waals surface area contributed by atoms with Crippen LogP contribution in [0.2, 0.25) is 0 Å². The number of rotatable bonds is 5. The van der Waals surface area contributed by atoms with Crippen molar-refractivity contribution < 1.29 is 30.8 Å². The van der Waals surface area contributed by atoms with Gasteiger partial charge in [0.15, 0.2) is 6.01 Å². The summed E-state index contributed by atoms with van der Waals surface area (Å²) in [6, 6.07) is 10.2. The fourth-order valence-electron chi connectivity index (χ4n) is 3.89. The van der Waals surface area contributed by atoms with Crippen LogP contribution in [0.4, 0.5) is 14.9 Å². The standard InChI is InChI=1S/C20H21FN2O6S2/c21-14-30(25,26)17-5-7-18(8-6-17)31(27,28)22-11-9-16(10-12-22)23-19-4-2-1-3-15(19)13-29-20(23)24/h1-8,16H,9-14H2. The Morgan fingerprint density at radius 2 is 1.55 bits per heavy atom. The molecular formula is C20H21FN2O6S2. The molecule has 1 saturated heterocycles. The highest BCUT2D eigenvalue weighted by atomic mass is 32.2. The maximum absolute atomic E-state index is 13.0. The van der Waals surface area contributed by atoms with Gasteiger partial charge in [-0.2, -0.15) is 4.31 Å². The number of hydrogen-bond donors (Lipinski definition) is 0. The van der Waals surface area contributed by atoms with Crippen LogP contribution in [-0.4, -0.2) is 52.4 Å². The number of sulfonamides is 1. The number of sulfone groups is 1. The summed E-state index contributed by atoms with van der Waals surface area (Å²) in [5, 5.41) is 0. The van der Waals surface area contributed by atoms with Crippen LogP contribution in [0.25, 0.3) is 0 Å². The molecule has 0 saturated carbocycles. The van der Waals surface area contributed by atoms with Crippen LogP contribution in [0.15, 0.2) is 58.3 Å². The Morgan fingerprint density at radius 3 is 2.19 bits per heavy atom. The van der Waals surface area contributed by atoms with Crippen LogP contribution < -0.4 is 4.90 Å². The second-order valence-corrected chi connectivity index (χ2v) is 11.2. The van der Waals surface area contributed by atoms with Gasteiger partial charge in [-0.3, -0.25) is 4.90 Å². The smallest absolute Gasteiger partial charge is 0.414 e. The zero-order valence-electron chi connectivity index (χ0n) is 16.5. The first-order valence-corrected chi connectivity index (χ1v) is 12.8. The molecule has 0 aromatic heterocycles. The van der Waals surface area contributed by atoms with Gasteiger partial charge in [0.25, 0.3) is 0 Å². The molecule has 8 nitrogen and oxygen atoms in total. The third-order valence-electron chi connectivity index (χ3n) is 5.55. The average Bonchev–Trinajstić information content (AvgIpc) is 2.79. The largest absolute Gasteiger partial charge is 0.444 e. The van der Waals surface area contributed by atoms with E-state index in [1.807, 2.05) is 24.3 Å². The van der Waals surface area contributed by atoms with E-state index in [4.69, 9.17) is 4.74 Å². The summed E-state index contributed by atoms with van der Waals surface area (Å²) in [5.41, 5.74) is 1.69. The fraction of sp³-hybridized carbons (Fsp3) is 0.350. The summed E-state index contributed by atoms with van der Waals surface area (Å²) in [7, 11) is -7.91. The molecule has 2 heterocycles. The first kappa shape index (κ1) is 21.7. The summed E-state index contributed by atoms with van der Waals surface area (Å²) in [6.45, 7) is 0.611. The molecule has 0 unspecified atom stereocenters. The molecule has 0 spiro atoms. The zero-order chi connectivity index (χ0) is 22.2. The highest BCUT2D eigenvalue weighted by Crippen LogP contribution is 2.33. The summed E-state index contributed by atoms with van der Waals surface area (Å²) < 4.78 is 68.3. The Bertz CT molecular complexity index is 1190. The molecule has 0 radical (unpaired) electrons. The molecule has 11 heteroatoms. The van der Waals surface area contributed by atoms with Crippen molar-refractivity contribution in [3.63, 3.8) is 0 Å². The predicted molar refractivity (Wildman–Crippen MR) is 110 cm³/mol. The van der Waals surface area contributed by atoms with E-state index in [0.717, 1.165) is 23.4 Å². The number of carbonyl (C=O) groups excluding carboxylic acids is 1. The van der Waals surface area contributed by atoms with Crippen molar-refractivity contribution in [2.75, 3.05) is 24.0 Å². The van der Waals surface area contributed by atoms with Gasteiger partial charge in [-0.15, -0.1) is 0 Å². The van der Waals surface area contributed by atoms with E-state index in [9.17, 15) is 26.0 Å². The molecular weight excluding hydrogens is 447 g/mol. The lowest BCUT2D eigenvalue weighted by Gasteiger charge is -2.39. The number of fused-ring (bicyclic) bond motifs is 1. The van der Waals surface area contributed by atoms with Gasteiger partial charge in [0.1, 0.15) is 6.61 Å². The number of hydrogen-bond acceptors (Lipinski definition) is 6. The Kier molecular flexibility index (Phi) is 5.75. The summed E-state index contributed by atoms with van der Waals surface area (Å²) >= 11 is 0. The Balaban J connectivity index is 1.49. The Labute approximate surface area is 180 Å². The van der Waals surface area contributed by atoms with Crippen molar-refractivity contribution in [3.05, 3.63) is 54.1 Å². The lowest BCUT2D eigenvalue weighted by atomic mass is 10.0. The molecule has 0 atom stereocenters. The first-order chi connectivity index (χ1) is 14.7. The molecule has 0 aliphatic carbocycles. The molecule has 2 aliphatic heterocycles. The van der Waals surface area contributed by atoms with Crippen molar-refractivity contribution in [2.45, 2.75) is 35.3 Å². The lowest BCUT2D eigenvalue weighted by molar-refractivity contribution is 0.136. The van der Waals surface area contributed by atoms with E-state index in [1.165, 1.54) is 16.4 Å². The van der Waals surface area contributed by atoms with Crippen LogP contribution in [0.1, 0.15) is 18.4 Å². The minimum Gasteiger partial charge on any atom is -0.444 e. The third kappa shape index (κ3) is 4.04. The minimum atomic E-state index is -4.06. The van der Waals surface area contributed by atoms with E-state index < -0.39 is 32.0 Å². The van der Waals surface area contributed by atoms with Crippen molar-refractivity contribution in [2.24, 2.45) is 0 Å². The number of piperidine rings is 1. The van der Waals surface area contributed by atoms with E-state index in [2.05, 4.69) is 0 Å². The Morgan fingerprint density at radius 1 is 0.935 bits per heavy atom. The molecule has 1 fully saturated rings. The van der Waals surface area contributed by atoms with E-state index in [1.54, 1.807) is 4.90 Å². The minimum absolute atomic E-state index is 0.0634. The van der Waals surface area contributed by atoms with Gasteiger partial charge in [0, 0.05) is 24.7 Å². The van der Waals surface area contributed by atoms with Crippen LogP contribution in [0, 0.1) is 0 Å².